The van der Waals surface area contributed by atoms with E-state index in [1.54, 1.807) is 30.3 Å². The van der Waals surface area contributed by atoms with Crippen LogP contribution in [0.1, 0.15) is 31.0 Å². The van der Waals surface area contributed by atoms with Crippen LogP contribution in [0.3, 0.4) is 0 Å². The van der Waals surface area contributed by atoms with Gasteiger partial charge in [-0.1, -0.05) is 30.3 Å². The second-order valence-corrected chi connectivity index (χ2v) is 8.70. The highest BCUT2D eigenvalue weighted by Crippen LogP contribution is 2.06. The zero-order valence-electron chi connectivity index (χ0n) is 20.7. The molecular formula is C24H32N6O8. The first-order valence-electron chi connectivity index (χ1n) is 11.8. The maximum Gasteiger partial charge on any atom is 0.328 e. The molecule has 38 heavy (non-hydrogen) atoms. The fraction of sp³-hybridized carbons (Fsp3) is 0.417. The average Bonchev–Trinajstić information content (AvgIpc) is 3.37. The van der Waals surface area contributed by atoms with E-state index < -0.39 is 66.4 Å². The lowest BCUT2D eigenvalue weighted by molar-refractivity contribution is -0.145. The van der Waals surface area contributed by atoms with Gasteiger partial charge in [0, 0.05) is 24.7 Å². The molecule has 206 valence electrons. The van der Waals surface area contributed by atoms with Gasteiger partial charge < -0.3 is 42.0 Å². The number of rotatable bonds is 15. The van der Waals surface area contributed by atoms with E-state index in [0.29, 0.717) is 5.69 Å². The summed E-state index contributed by atoms with van der Waals surface area (Å²) >= 11 is 0. The first kappa shape index (κ1) is 29.9. The molecule has 0 bridgehead atoms. The molecule has 14 nitrogen and oxygen atoms in total. The third-order valence-corrected chi connectivity index (χ3v) is 5.57. The van der Waals surface area contributed by atoms with Crippen molar-refractivity contribution in [3.8, 4) is 0 Å². The van der Waals surface area contributed by atoms with Crippen LogP contribution >= 0.6 is 0 Å². The highest BCUT2D eigenvalue weighted by atomic mass is 16.4. The van der Waals surface area contributed by atoms with Crippen molar-refractivity contribution in [2.45, 2.75) is 62.9 Å². The van der Waals surface area contributed by atoms with Gasteiger partial charge in [0.1, 0.15) is 12.1 Å². The molecule has 14 heteroatoms. The van der Waals surface area contributed by atoms with E-state index in [9.17, 15) is 34.2 Å². The predicted molar refractivity (Wildman–Crippen MR) is 132 cm³/mol. The molecule has 1 aromatic heterocycles. The van der Waals surface area contributed by atoms with Gasteiger partial charge in [0.05, 0.1) is 18.5 Å². The molecule has 2 rings (SSSR count). The van der Waals surface area contributed by atoms with E-state index in [-0.39, 0.29) is 19.3 Å². The summed E-state index contributed by atoms with van der Waals surface area (Å²) < 4.78 is 0. The van der Waals surface area contributed by atoms with Crippen molar-refractivity contribution < 1.29 is 39.3 Å². The van der Waals surface area contributed by atoms with Gasteiger partial charge >= 0.3 is 11.9 Å². The van der Waals surface area contributed by atoms with Crippen LogP contribution in [0, 0.1) is 0 Å². The number of carboxylic acid groups (broad SMARTS) is 2. The molecule has 5 atom stereocenters. The summed E-state index contributed by atoms with van der Waals surface area (Å²) in [5.41, 5.74) is 7.19. The Hall–Kier alpha value is -4.30. The molecule has 9 N–H and O–H groups in total. The van der Waals surface area contributed by atoms with Gasteiger partial charge in [-0.3, -0.25) is 19.2 Å². The van der Waals surface area contributed by atoms with Gasteiger partial charge in [0.2, 0.25) is 17.7 Å². The zero-order valence-corrected chi connectivity index (χ0v) is 20.7. The number of H-pyrrole nitrogens is 1. The van der Waals surface area contributed by atoms with Gasteiger partial charge in [-0.25, -0.2) is 9.78 Å². The third kappa shape index (κ3) is 9.63. The molecular weight excluding hydrogens is 500 g/mol. The lowest BCUT2D eigenvalue weighted by Crippen LogP contribution is -2.59. The summed E-state index contributed by atoms with van der Waals surface area (Å²) in [5.74, 6) is -5.20. The number of carbonyl (C=O) groups is 5. The lowest BCUT2D eigenvalue weighted by atomic mass is 10.0. The molecule has 0 spiro atoms. The number of nitrogens with one attached hydrogen (secondary N) is 4. The maximum atomic E-state index is 13.1. The highest BCUT2D eigenvalue weighted by Gasteiger charge is 2.32. The van der Waals surface area contributed by atoms with E-state index in [0.717, 1.165) is 5.56 Å². The average molecular weight is 533 g/mol. The number of benzene rings is 1. The molecule has 0 saturated heterocycles. The normalized spacial score (nSPS) is 14.8. The van der Waals surface area contributed by atoms with E-state index >= 15 is 0 Å². The van der Waals surface area contributed by atoms with Gasteiger partial charge in [-0.2, -0.15) is 0 Å². The molecule has 5 unspecified atom stereocenters. The fourth-order valence-electron chi connectivity index (χ4n) is 3.52. The number of nitrogens with two attached hydrogens (primary N) is 1. The molecule has 0 radical (unpaired) electrons. The molecule has 3 amide bonds. The van der Waals surface area contributed by atoms with Crippen LogP contribution in [0.4, 0.5) is 0 Å². The summed E-state index contributed by atoms with van der Waals surface area (Å²) in [5, 5.41) is 35.1. The van der Waals surface area contributed by atoms with Crippen LogP contribution in [0.5, 0.6) is 0 Å². The molecule has 1 heterocycles. The summed E-state index contributed by atoms with van der Waals surface area (Å²) in [6.45, 7) is 1.18. The van der Waals surface area contributed by atoms with Crippen molar-refractivity contribution in [3.05, 3.63) is 54.1 Å². The van der Waals surface area contributed by atoms with Crippen molar-refractivity contribution in [1.29, 1.82) is 0 Å². The molecule has 2 aromatic rings. The largest absolute Gasteiger partial charge is 0.481 e. The van der Waals surface area contributed by atoms with Crippen molar-refractivity contribution in [1.82, 2.24) is 25.9 Å². The lowest BCUT2D eigenvalue weighted by Gasteiger charge is -2.25. The van der Waals surface area contributed by atoms with Crippen molar-refractivity contribution in [3.63, 3.8) is 0 Å². The zero-order chi connectivity index (χ0) is 28.2. The summed E-state index contributed by atoms with van der Waals surface area (Å²) in [4.78, 5) is 68.0. The van der Waals surface area contributed by atoms with E-state index in [1.807, 2.05) is 0 Å². The van der Waals surface area contributed by atoms with Gasteiger partial charge in [-0.15, -0.1) is 0 Å². The molecule has 0 aliphatic rings. The Balaban J connectivity index is 2.18. The second-order valence-electron chi connectivity index (χ2n) is 8.70. The minimum absolute atomic E-state index is 0.142. The maximum absolute atomic E-state index is 13.1. The van der Waals surface area contributed by atoms with Crippen LogP contribution in [-0.2, 0) is 36.8 Å². The van der Waals surface area contributed by atoms with Crippen molar-refractivity contribution in [2.24, 2.45) is 5.73 Å². The highest BCUT2D eigenvalue weighted by molar-refractivity contribution is 5.94. The van der Waals surface area contributed by atoms with Crippen LogP contribution in [0.2, 0.25) is 0 Å². The molecule has 0 fully saturated rings. The third-order valence-electron chi connectivity index (χ3n) is 5.57. The topological polar surface area (TPSA) is 237 Å². The van der Waals surface area contributed by atoms with Gasteiger partial charge in [0.15, 0.2) is 6.04 Å². The molecule has 0 aliphatic carbocycles. The first-order valence-corrected chi connectivity index (χ1v) is 11.8. The number of amides is 3. The standard InChI is InChI=1S/C24H32N6O8/c1-13(31)20(24(37)38)30-23(36)18(10-15-11-26-12-27-15)29-22(35)17(7-8-19(32)33)28-21(34)16(25)9-14-5-3-2-4-6-14/h2-6,11-13,16-18,20,31H,7-10,25H2,1H3,(H,26,27)(H,28,34)(H,29,35)(H,30,36)(H,32,33)(H,37,38). The second kappa shape index (κ2) is 14.4. The molecule has 0 aliphatic heterocycles. The smallest absolute Gasteiger partial charge is 0.328 e. The van der Waals surface area contributed by atoms with Crippen molar-refractivity contribution >= 4 is 29.7 Å². The van der Waals surface area contributed by atoms with Gasteiger partial charge in [0.25, 0.3) is 0 Å². The van der Waals surface area contributed by atoms with Crippen molar-refractivity contribution in [2.75, 3.05) is 0 Å². The van der Waals surface area contributed by atoms with E-state index in [2.05, 4.69) is 25.9 Å². The Morgan fingerprint density at radius 3 is 2.13 bits per heavy atom. The number of carbonyl (C=O) groups excluding carboxylic acids is 3. The Bertz CT molecular complexity index is 1090. The number of aromatic amines is 1. The number of hydrogen-bond donors (Lipinski definition) is 8. The Kier molecular flexibility index (Phi) is 11.4. The number of nitrogens with zero attached hydrogens (tertiary/aromatic N) is 1. The number of aliphatic hydroxyl groups excluding tert-OH is 1. The molecule has 0 saturated carbocycles. The number of carboxylic acids is 2. The van der Waals surface area contributed by atoms with Crippen LogP contribution < -0.4 is 21.7 Å². The number of aliphatic hydroxyl groups is 1. The van der Waals surface area contributed by atoms with E-state index in [1.165, 1.54) is 19.4 Å². The van der Waals surface area contributed by atoms with Crippen LogP contribution in [0.15, 0.2) is 42.9 Å². The minimum atomic E-state index is -1.65. The fourth-order valence-corrected chi connectivity index (χ4v) is 3.52. The van der Waals surface area contributed by atoms with Crippen LogP contribution in [-0.4, -0.2) is 85.2 Å². The van der Waals surface area contributed by atoms with Crippen LogP contribution in [0.25, 0.3) is 0 Å². The quantitative estimate of drug-likeness (QED) is 0.129. The predicted octanol–water partition coefficient (Wildman–Crippen LogP) is -1.69. The number of imidazole rings is 1. The number of aromatic nitrogens is 2. The van der Waals surface area contributed by atoms with Gasteiger partial charge in [-0.05, 0) is 25.3 Å². The molecule has 1 aromatic carbocycles. The summed E-state index contributed by atoms with van der Waals surface area (Å²) in [6.07, 6.45) is 0.557. The Morgan fingerprint density at radius 2 is 1.58 bits per heavy atom. The SMILES string of the molecule is CC(O)C(NC(=O)C(Cc1cnc[nH]1)NC(=O)C(CCC(=O)O)NC(=O)C(N)Cc1ccccc1)C(=O)O. The Morgan fingerprint density at radius 1 is 0.947 bits per heavy atom. The monoisotopic (exact) mass is 532 g/mol. The first-order chi connectivity index (χ1) is 18.0. The number of aliphatic carboxylic acids is 2. The minimum Gasteiger partial charge on any atom is -0.481 e. The Labute approximate surface area is 218 Å². The summed E-state index contributed by atoms with van der Waals surface area (Å²) in [7, 11) is 0. The summed E-state index contributed by atoms with van der Waals surface area (Å²) in [6, 6.07) is 3.51. The van der Waals surface area contributed by atoms with E-state index in [4.69, 9.17) is 10.8 Å². The number of hydrogen-bond acceptors (Lipinski definition) is 8.